The van der Waals surface area contributed by atoms with Crippen LogP contribution in [-0.4, -0.2) is 6.29 Å². The molecule has 0 aliphatic rings. The minimum Gasteiger partial charge on any atom is -0.291 e. The van der Waals surface area contributed by atoms with Crippen LogP contribution in [0.25, 0.3) is 0 Å². The molecule has 0 aromatic heterocycles. The van der Waals surface area contributed by atoms with Crippen LogP contribution in [0.3, 0.4) is 0 Å². The van der Waals surface area contributed by atoms with E-state index in [1.165, 1.54) is 28.7 Å². The quantitative estimate of drug-likeness (QED) is 0.279. The fourth-order valence-corrected chi connectivity index (χ4v) is 2.36. The van der Waals surface area contributed by atoms with Crippen molar-refractivity contribution in [3.05, 3.63) is 46.6 Å². The highest BCUT2D eigenvalue weighted by atomic mass is 16.1. The summed E-state index contributed by atoms with van der Waals surface area (Å²) in [5.41, 5.74) is 5.76. The number of allylic oxidation sites excluding steroid dienone is 8. The average molecular weight is 316 g/mol. The first kappa shape index (κ1) is 21.6. The summed E-state index contributed by atoms with van der Waals surface area (Å²) in [5, 5.41) is 0. The summed E-state index contributed by atoms with van der Waals surface area (Å²) in [7, 11) is 0. The fraction of sp³-hybridized carbons (Fsp3) is 0.591. The third kappa shape index (κ3) is 15.3. The summed E-state index contributed by atoms with van der Waals surface area (Å²) in [6, 6.07) is 0. The summed E-state index contributed by atoms with van der Waals surface area (Å²) in [4.78, 5) is 10.2. The standard InChI is InChI=1S/C22H35O/c1-19(2)11-8-13-21(4)15-10-17-22(5)16-9-14-20(3)12-6-7-18-23/h11-12,15-16H,6-10,13-14,17H2,1-5H3/b20-12+,21-15+,22-16+. The molecule has 1 heteroatoms. The molecule has 0 heterocycles. The molecule has 0 aliphatic carbocycles. The van der Waals surface area contributed by atoms with Crippen LogP contribution in [0.2, 0.25) is 0 Å². The Labute approximate surface area is 144 Å². The number of hydrogen-bond donors (Lipinski definition) is 0. The van der Waals surface area contributed by atoms with Gasteiger partial charge in [-0.2, -0.15) is 0 Å². The van der Waals surface area contributed by atoms with Crippen molar-refractivity contribution in [2.75, 3.05) is 0 Å². The largest absolute Gasteiger partial charge is 0.291 e. The van der Waals surface area contributed by atoms with Crippen LogP contribution in [0.4, 0.5) is 0 Å². The average Bonchev–Trinajstić information content (AvgIpc) is 2.47. The zero-order valence-corrected chi connectivity index (χ0v) is 15.9. The summed E-state index contributed by atoms with van der Waals surface area (Å²) >= 11 is 0. The first-order valence-corrected chi connectivity index (χ1v) is 8.91. The summed E-state index contributed by atoms with van der Waals surface area (Å²) in [5.74, 6) is 0. The molecule has 1 radical (unpaired) electrons. The Morgan fingerprint density at radius 3 is 1.43 bits per heavy atom. The van der Waals surface area contributed by atoms with Gasteiger partial charge in [0.2, 0.25) is 0 Å². The zero-order valence-electron chi connectivity index (χ0n) is 15.9. The number of hydrogen-bond acceptors (Lipinski definition) is 1. The normalized spacial score (nSPS) is 13.2. The van der Waals surface area contributed by atoms with Gasteiger partial charge in [-0.1, -0.05) is 46.6 Å². The van der Waals surface area contributed by atoms with E-state index in [0.717, 1.165) is 38.5 Å². The Hall–Kier alpha value is -1.37. The fourth-order valence-electron chi connectivity index (χ4n) is 2.36. The Morgan fingerprint density at radius 2 is 1.04 bits per heavy atom. The van der Waals surface area contributed by atoms with E-state index >= 15 is 0 Å². The summed E-state index contributed by atoms with van der Waals surface area (Å²) < 4.78 is 0. The lowest BCUT2D eigenvalue weighted by Crippen LogP contribution is -1.82. The molecule has 0 aromatic rings. The van der Waals surface area contributed by atoms with Gasteiger partial charge in [-0.05, 0) is 79.6 Å². The van der Waals surface area contributed by atoms with Crippen LogP contribution in [0.5, 0.6) is 0 Å². The Morgan fingerprint density at radius 1 is 0.652 bits per heavy atom. The molecule has 0 saturated heterocycles. The molecule has 1 nitrogen and oxygen atoms in total. The molecule has 0 aromatic carbocycles. The highest BCUT2D eigenvalue weighted by molar-refractivity contribution is 5.50. The SMILES string of the molecule is CC(C)=CCC/C(C)=C/CC/C(C)=C/CC/C(C)=C/CC[C]=O. The minimum atomic E-state index is 0.519. The second-order valence-electron chi connectivity index (χ2n) is 6.73. The van der Waals surface area contributed by atoms with Gasteiger partial charge < -0.3 is 0 Å². The number of rotatable bonds is 12. The van der Waals surface area contributed by atoms with Crippen molar-refractivity contribution >= 4 is 6.29 Å². The molecule has 0 N–H and O–H groups in total. The van der Waals surface area contributed by atoms with E-state index in [2.05, 4.69) is 58.9 Å². The summed E-state index contributed by atoms with van der Waals surface area (Å²) in [6.45, 7) is 10.9. The topological polar surface area (TPSA) is 17.1 Å². The van der Waals surface area contributed by atoms with Crippen LogP contribution in [0, 0.1) is 0 Å². The van der Waals surface area contributed by atoms with Gasteiger partial charge in [0.05, 0.1) is 0 Å². The Bertz CT molecular complexity index is 443. The summed E-state index contributed by atoms with van der Waals surface area (Å²) in [6.07, 6.45) is 19.3. The lowest BCUT2D eigenvalue weighted by molar-refractivity contribution is 0.551. The van der Waals surface area contributed by atoms with Crippen molar-refractivity contribution in [3.63, 3.8) is 0 Å². The van der Waals surface area contributed by atoms with E-state index in [0.29, 0.717) is 6.42 Å². The second-order valence-corrected chi connectivity index (χ2v) is 6.73. The van der Waals surface area contributed by atoms with Gasteiger partial charge in [-0.25, -0.2) is 0 Å². The Kier molecular flexibility index (Phi) is 13.4. The number of carbonyl (C=O) groups excluding carboxylic acids is 1. The van der Waals surface area contributed by atoms with Gasteiger partial charge in [-0.15, -0.1) is 0 Å². The van der Waals surface area contributed by atoms with Gasteiger partial charge in [-0.3, -0.25) is 4.79 Å². The van der Waals surface area contributed by atoms with Crippen LogP contribution in [-0.2, 0) is 4.79 Å². The minimum absolute atomic E-state index is 0.519. The van der Waals surface area contributed by atoms with Crippen molar-refractivity contribution in [3.8, 4) is 0 Å². The molecular weight excluding hydrogens is 280 g/mol. The first-order valence-electron chi connectivity index (χ1n) is 8.91. The van der Waals surface area contributed by atoms with Crippen LogP contribution >= 0.6 is 0 Å². The molecule has 0 saturated carbocycles. The molecule has 0 rings (SSSR count). The van der Waals surface area contributed by atoms with Gasteiger partial charge in [0.25, 0.3) is 0 Å². The highest BCUT2D eigenvalue weighted by Crippen LogP contribution is 2.13. The molecule has 129 valence electrons. The van der Waals surface area contributed by atoms with E-state index in [1.807, 2.05) is 6.29 Å². The third-order valence-electron chi connectivity index (χ3n) is 3.89. The van der Waals surface area contributed by atoms with Gasteiger partial charge in [0.1, 0.15) is 0 Å². The first-order chi connectivity index (χ1) is 11.0. The zero-order chi connectivity index (χ0) is 17.5. The van der Waals surface area contributed by atoms with Gasteiger partial charge in [0, 0.05) is 6.42 Å². The molecule has 0 amide bonds. The van der Waals surface area contributed by atoms with Crippen molar-refractivity contribution in [1.29, 1.82) is 0 Å². The van der Waals surface area contributed by atoms with Gasteiger partial charge in [0.15, 0.2) is 6.29 Å². The predicted octanol–water partition coefficient (Wildman–Crippen LogP) is 7.02. The van der Waals surface area contributed by atoms with Crippen molar-refractivity contribution in [2.24, 2.45) is 0 Å². The molecule has 0 fully saturated rings. The van der Waals surface area contributed by atoms with Crippen molar-refractivity contribution < 1.29 is 4.79 Å². The number of unbranched alkanes of at least 4 members (excludes halogenated alkanes) is 1. The monoisotopic (exact) mass is 315 g/mol. The van der Waals surface area contributed by atoms with Crippen LogP contribution in [0.1, 0.15) is 86.0 Å². The molecule has 0 spiro atoms. The predicted molar refractivity (Wildman–Crippen MR) is 103 cm³/mol. The molecule has 0 unspecified atom stereocenters. The highest BCUT2D eigenvalue weighted by Gasteiger charge is 1.93. The van der Waals surface area contributed by atoms with E-state index in [-0.39, 0.29) is 0 Å². The lowest BCUT2D eigenvalue weighted by Gasteiger charge is -2.02. The maximum Gasteiger partial charge on any atom is 0.198 e. The van der Waals surface area contributed by atoms with Crippen LogP contribution < -0.4 is 0 Å². The van der Waals surface area contributed by atoms with Crippen molar-refractivity contribution in [2.45, 2.75) is 86.0 Å². The molecular formula is C22H35O. The molecule has 23 heavy (non-hydrogen) atoms. The Balaban J connectivity index is 3.95. The molecule has 0 bridgehead atoms. The lowest BCUT2D eigenvalue weighted by atomic mass is 10.0. The van der Waals surface area contributed by atoms with E-state index < -0.39 is 0 Å². The third-order valence-corrected chi connectivity index (χ3v) is 3.89. The van der Waals surface area contributed by atoms with E-state index in [4.69, 9.17) is 0 Å². The van der Waals surface area contributed by atoms with Crippen LogP contribution in [0.15, 0.2) is 46.6 Å². The smallest absolute Gasteiger partial charge is 0.198 e. The van der Waals surface area contributed by atoms with E-state index in [9.17, 15) is 4.79 Å². The van der Waals surface area contributed by atoms with Crippen molar-refractivity contribution in [1.82, 2.24) is 0 Å². The maximum atomic E-state index is 10.2. The van der Waals surface area contributed by atoms with E-state index in [1.54, 1.807) is 0 Å². The molecule has 0 aliphatic heterocycles. The van der Waals surface area contributed by atoms with Gasteiger partial charge >= 0.3 is 0 Å². The molecule has 0 atom stereocenters. The maximum absolute atomic E-state index is 10.2. The second kappa shape index (κ2) is 14.2.